The van der Waals surface area contributed by atoms with E-state index in [9.17, 15) is 9.18 Å². The van der Waals surface area contributed by atoms with E-state index in [2.05, 4.69) is 10.1 Å². The number of aromatic nitrogens is 5. The molecule has 6 aromatic rings. The van der Waals surface area contributed by atoms with Gasteiger partial charge in [-0.25, -0.2) is 9.07 Å². The molecule has 0 radical (unpaired) electrons. The largest absolute Gasteiger partial charge is 0.494 e. The van der Waals surface area contributed by atoms with Crippen molar-refractivity contribution < 1.29 is 9.13 Å². The Bertz CT molecular complexity index is 1930. The smallest absolute Gasteiger partial charge is 0.291 e. The lowest BCUT2D eigenvalue weighted by atomic mass is 10.1. The molecule has 0 amide bonds. The van der Waals surface area contributed by atoms with Crippen molar-refractivity contribution in [1.29, 1.82) is 0 Å². The van der Waals surface area contributed by atoms with Crippen LogP contribution in [0.25, 0.3) is 39.4 Å². The second-order valence-electron chi connectivity index (χ2n) is 8.23. The van der Waals surface area contributed by atoms with Gasteiger partial charge in [0, 0.05) is 27.9 Å². The number of thiazole rings is 1. The molecule has 0 bridgehead atoms. The maximum Gasteiger partial charge on any atom is 0.291 e. The molecule has 3 aromatic heterocycles. The third-order valence-electron chi connectivity index (χ3n) is 5.83. The first kappa shape index (κ1) is 24.3. The molecule has 3 heterocycles. The van der Waals surface area contributed by atoms with Crippen LogP contribution in [0.1, 0.15) is 5.56 Å². The van der Waals surface area contributed by atoms with Crippen LogP contribution < -0.4 is 14.8 Å². The summed E-state index contributed by atoms with van der Waals surface area (Å²) in [6, 6.07) is 19.1. The van der Waals surface area contributed by atoms with Gasteiger partial charge in [-0.15, -0.1) is 5.10 Å². The minimum atomic E-state index is -0.512. The second kappa shape index (κ2) is 9.68. The van der Waals surface area contributed by atoms with E-state index < -0.39 is 5.82 Å². The predicted octanol–water partition coefficient (Wildman–Crippen LogP) is 5.67. The van der Waals surface area contributed by atoms with Crippen molar-refractivity contribution in [1.82, 2.24) is 24.4 Å². The minimum absolute atomic E-state index is 0.130. The van der Waals surface area contributed by atoms with Gasteiger partial charge in [0.2, 0.25) is 4.96 Å². The lowest BCUT2D eigenvalue weighted by Gasteiger charge is -2.04. The third-order valence-corrected chi connectivity index (χ3v) is 7.34. The molecule has 0 spiro atoms. The Morgan fingerprint density at radius 1 is 1.03 bits per heavy atom. The van der Waals surface area contributed by atoms with Gasteiger partial charge in [-0.05, 0) is 54.6 Å². The minimum Gasteiger partial charge on any atom is -0.494 e. The Balaban J connectivity index is 1.49. The molecule has 7 nitrogen and oxygen atoms in total. The lowest BCUT2D eigenvalue weighted by molar-refractivity contribution is 0.386. The molecule has 0 aliphatic heterocycles. The highest BCUT2D eigenvalue weighted by molar-refractivity contribution is 7.15. The zero-order valence-corrected chi connectivity index (χ0v) is 21.9. The number of fused-ring (bicyclic) bond motifs is 1. The molecule has 188 valence electrons. The van der Waals surface area contributed by atoms with E-state index in [0.29, 0.717) is 47.7 Å². The van der Waals surface area contributed by atoms with Crippen molar-refractivity contribution in [2.75, 3.05) is 7.11 Å². The van der Waals surface area contributed by atoms with Crippen LogP contribution in [-0.2, 0) is 0 Å². The van der Waals surface area contributed by atoms with Crippen molar-refractivity contribution in [2.45, 2.75) is 0 Å². The van der Waals surface area contributed by atoms with Crippen LogP contribution in [0, 0.1) is 5.82 Å². The van der Waals surface area contributed by atoms with Gasteiger partial charge in [0.15, 0.2) is 17.4 Å². The maximum atomic E-state index is 14.6. The van der Waals surface area contributed by atoms with Gasteiger partial charge < -0.3 is 4.74 Å². The summed E-state index contributed by atoms with van der Waals surface area (Å²) in [6.07, 6.45) is 3.50. The molecule has 0 N–H and O–H groups in total. The molecular weight excluding hydrogens is 548 g/mol. The molecule has 0 aliphatic rings. The van der Waals surface area contributed by atoms with Crippen molar-refractivity contribution in [3.8, 4) is 34.1 Å². The van der Waals surface area contributed by atoms with E-state index in [1.807, 2.05) is 30.3 Å². The summed E-state index contributed by atoms with van der Waals surface area (Å²) in [5.74, 6) is -0.0551. The number of ether oxygens (including phenoxy) is 1. The molecule has 0 saturated carbocycles. The van der Waals surface area contributed by atoms with Gasteiger partial charge >= 0.3 is 0 Å². The van der Waals surface area contributed by atoms with Gasteiger partial charge in [-0.1, -0.05) is 52.7 Å². The van der Waals surface area contributed by atoms with Gasteiger partial charge in [0.25, 0.3) is 5.56 Å². The van der Waals surface area contributed by atoms with Crippen molar-refractivity contribution in [3.05, 3.63) is 109 Å². The molecule has 0 unspecified atom stereocenters. The monoisotopic (exact) mass is 563 g/mol. The van der Waals surface area contributed by atoms with Crippen molar-refractivity contribution >= 4 is 45.6 Å². The summed E-state index contributed by atoms with van der Waals surface area (Å²) in [6.45, 7) is 0. The highest BCUT2D eigenvalue weighted by Gasteiger charge is 2.17. The Morgan fingerprint density at radius 2 is 1.84 bits per heavy atom. The number of halogens is 3. The van der Waals surface area contributed by atoms with Crippen LogP contribution in [0.15, 0.2) is 77.7 Å². The van der Waals surface area contributed by atoms with Crippen LogP contribution in [0.5, 0.6) is 5.75 Å². The van der Waals surface area contributed by atoms with E-state index in [-0.39, 0.29) is 11.3 Å². The number of nitrogens with zero attached hydrogens (tertiary/aromatic N) is 5. The maximum absolute atomic E-state index is 14.6. The van der Waals surface area contributed by atoms with Crippen LogP contribution in [0.3, 0.4) is 0 Å². The summed E-state index contributed by atoms with van der Waals surface area (Å²) in [5.41, 5.74) is 2.72. The van der Waals surface area contributed by atoms with Crippen LogP contribution in [-0.4, -0.2) is 31.5 Å². The zero-order chi connectivity index (χ0) is 26.4. The molecule has 0 aliphatic carbocycles. The number of hydrogen-bond donors (Lipinski definition) is 0. The SMILES string of the molecule is COc1ccc(-c2nn(-c3ccccc3)cc2/C=c2\sc3nc(-c4ccc(Cl)cc4Cl)nn3c2=O)cc1F. The summed E-state index contributed by atoms with van der Waals surface area (Å²) in [5, 5.41) is 9.95. The molecule has 3 aromatic carbocycles. The van der Waals surface area contributed by atoms with Crippen molar-refractivity contribution in [2.24, 2.45) is 0 Å². The Morgan fingerprint density at radius 3 is 2.55 bits per heavy atom. The van der Waals surface area contributed by atoms with Crippen molar-refractivity contribution in [3.63, 3.8) is 0 Å². The van der Waals surface area contributed by atoms with E-state index in [0.717, 1.165) is 5.69 Å². The normalized spacial score (nSPS) is 11.9. The quantitative estimate of drug-likeness (QED) is 0.270. The number of hydrogen-bond acceptors (Lipinski definition) is 6. The zero-order valence-electron chi connectivity index (χ0n) is 19.6. The van der Waals surface area contributed by atoms with Gasteiger partial charge in [-0.2, -0.15) is 14.6 Å². The predicted molar refractivity (Wildman–Crippen MR) is 147 cm³/mol. The summed E-state index contributed by atoms with van der Waals surface area (Å²) >= 11 is 13.5. The van der Waals surface area contributed by atoms with E-state index in [4.69, 9.17) is 33.0 Å². The Kier molecular flexibility index (Phi) is 6.19. The first-order valence-corrected chi connectivity index (χ1v) is 12.8. The number of methoxy groups -OCH3 is 1. The first-order chi connectivity index (χ1) is 18.4. The van der Waals surface area contributed by atoms with E-state index >= 15 is 0 Å². The second-order valence-corrected chi connectivity index (χ2v) is 10.1. The standard InChI is InChI=1S/C27H16Cl2FN5O2S/c1-37-22-10-7-15(11-21(22)30)24-16(14-34(32-24)18-5-3-2-4-6-18)12-23-26(36)35-27(38-23)31-25(33-35)19-9-8-17(28)13-20(19)29/h2-14H,1H3/b23-12-. The summed E-state index contributed by atoms with van der Waals surface area (Å²) < 4.78 is 22.9. The lowest BCUT2D eigenvalue weighted by Crippen LogP contribution is -2.23. The molecule has 0 fully saturated rings. The first-order valence-electron chi connectivity index (χ1n) is 11.3. The highest BCUT2D eigenvalue weighted by atomic mass is 35.5. The van der Waals surface area contributed by atoms with E-state index in [1.165, 1.54) is 29.0 Å². The highest BCUT2D eigenvalue weighted by Crippen LogP contribution is 2.30. The average Bonchev–Trinajstić information content (AvgIpc) is 3.60. The van der Waals surface area contributed by atoms with Crippen LogP contribution in [0.2, 0.25) is 10.0 Å². The fraction of sp³-hybridized carbons (Fsp3) is 0.0370. The molecular formula is C27H16Cl2FN5O2S. The third kappa shape index (κ3) is 4.34. The van der Waals surface area contributed by atoms with E-state index in [1.54, 1.807) is 47.3 Å². The van der Waals surface area contributed by atoms with Crippen LogP contribution in [0.4, 0.5) is 4.39 Å². The van der Waals surface area contributed by atoms with Crippen LogP contribution >= 0.6 is 34.5 Å². The average molecular weight is 564 g/mol. The van der Waals surface area contributed by atoms with Gasteiger partial charge in [0.05, 0.1) is 22.4 Å². The van der Waals surface area contributed by atoms with Gasteiger partial charge in [-0.3, -0.25) is 4.79 Å². The Hall–Kier alpha value is -4.05. The van der Waals surface area contributed by atoms with Gasteiger partial charge in [0.1, 0.15) is 5.69 Å². The number of rotatable bonds is 5. The molecule has 6 rings (SSSR count). The molecule has 11 heteroatoms. The molecule has 38 heavy (non-hydrogen) atoms. The fourth-order valence-electron chi connectivity index (χ4n) is 4.00. The number of para-hydroxylation sites is 1. The summed E-state index contributed by atoms with van der Waals surface area (Å²) in [4.78, 5) is 18.2. The Labute approximate surface area is 229 Å². The molecule has 0 atom stereocenters. The fourth-order valence-corrected chi connectivity index (χ4v) is 5.40. The summed E-state index contributed by atoms with van der Waals surface area (Å²) in [7, 11) is 1.41. The topological polar surface area (TPSA) is 74.3 Å². The number of benzene rings is 3. The molecule has 0 saturated heterocycles.